The van der Waals surface area contributed by atoms with Crippen LogP contribution in [0.15, 0.2) is 29.2 Å². The van der Waals surface area contributed by atoms with Crippen molar-refractivity contribution in [3.63, 3.8) is 0 Å². The Bertz CT molecular complexity index is 1240. The fourth-order valence-corrected chi connectivity index (χ4v) is 8.09. The topological polar surface area (TPSA) is 90.0 Å². The second-order valence-electron chi connectivity index (χ2n) is 10.4. The summed E-state index contributed by atoms with van der Waals surface area (Å²) in [6, 6.07) is 6.50. The molecule has 1 saturated heterocycles. The van der Waals surface area contributed by atoms with E-state index in [4.69, 9.17) is 0 Å². The number of anilines is 1. The monoisotopic (exact) mass is 560 g/mol. The fraction of sp³-hybridized carbons (Fsp3) is 0.571. The molecule has 1 aromatic carbocycles. The lowest BCUT2D eigenvalue weighted by Crippen LogP contribution is -2.36. The number of thiophene rings is 1. The van der Waals surface area contributed by atoms with Gasteiger partial charge in [0.05, 0.1) is 10.5 Å². The molecule has 0 saturated carbocycles. The Morgan fingerprint density at radius 3 is 2.24 bits per heavy atom. The molecule has 0 radical (unpaired) electrons. The predicted molar refractivity (Wildman–Crippen MR) is 152 cm³/mol. The first-order valence-electron chi connectivity index (χ1n) is 13.8. The van der Waals surface area contributed by atoms with E-state index in [-0.39, 0.29) is 16.7 Å². The van der Waals surface area contributed by atoms with Crippen molar-refractivity contribution in [2.75, 3.05) is 38.0 Å². The third-order valence-electron chi connectivity index (χ3n) is 7.35. The summed E-state index contributed by atoms with van der Waals surface area (Å²) in [5, 5.41) is 3.60. The molecular formula is C28H40N4O4S2. The van der Waals surface area contributed by atoms with Gasteiger partial charge in [-0.2, -0.15) is 4.31 Å². The highest BCUT2D eigenvalue weighted by atomic mass is 32.2. The lowest BCUT2D eigenvalue weighted by atomic mass is 10.0. The number of carbonyl (C=O) groups is 2. The standard InChI is InChI=1S/C28H40N4O4S2/c1-5-14-32(15-6-2)38(35,36)22-11-9-21(10-12-22)26(33)29-27-25(28(34)30-16-7-8-17-30)23-13-18-31(20(3)4)19-24(23)37-27/h9-12,20H,5-8,13-19H2,1-4H3,(H,29,33). The van der Waals surface area contributed by atoms with E-state index in [1.165, 1.54) is 27.8 Å². The van der Waals surface area contributed by atoms with Crippen LogP contribution in [0.25, 0.3) is 0 Å². The first-order valence-corrected chi connectivity index (χ1v) is 16.0. The summed E-state index contributed by atoms with van der Waals surface area (Å²) in [6.45, 7) is 12.3. The Balaban J connectivity index is 1.59. The van der Waals surface area contributed by atoms with Crippen molar-refractivity contribution in [2.24, 2.45) is 0 Å². The maximum absolute atomic E-state index is 13.6. The lowest BCUT2D eigenvalue weighted by Gasteiger charge is -2.30. The van der Waals surface area contributed by atoms with Crippen molar-refractivity contribution < 1.29 is 18.0 Å². The van der Waals surface area contributed by atoms with Crippen LogP contribution in [-0.4, -0.2) is 73.1 Å². The van der Waals surface area contributed by atoms with E-state index in [0.29, 0.717) is 35.3 Å². The number of hydrogen-bond acceptors (Lipinski definition) is 6. The van der Waals surface area contributed by atoms with Gasteiger partial charge >= 0.3 is 0 Å². The number of likely N-dealkylation sites (tertiary alicyclic amines) is 1. The molecule has 2 amide bonds. The predicted octanol–water partition coefficient (Wildman–Crippen LogP) is 4.81. The summed E-state index contributed by atoms with van der Waals surface area (Å²) in [4.78, 5) is 32.4. The number of nitrogens with zero attached hydrogens (tertiary/aromatic N) is 3. The molecule has 0 atom stereocenters. The number of benzene rings is 1. The second kappa shape index (κ2) is 12.3. The summed E-state index contributed by atoms with van der Waals surface area (Å²) in [6.07, 6.45) is 4.26. The van der Waals surface area contributed by atoms with Crippen LogP contribution in [0, 0.1) is 0 Å². The molecule has 38 heavy (non-hydrogen) atoms. The Hall–Kier alpha value is -2.27. The van der Waals surface area contributed by atoms with Crippen molar-refractivity contribution in [1.29, 1.82) is 0 Å². The molecule has 10 heteroatoms. The van der Waals surface area contributed by atoms with Gasteiger partial charge in [-0.3, -0.25) is 14.5 Å². The van der Waals surface area contributed by atoms with Gasteiger partial charge in [0, 0.05) is 55.8 Å². The third-order valence-corrected chi connectivity index (χ3v) is 10.4. The van der Waals surface area contributed by atoms with Crippen molar-refractivity contribution in [1.82, 2.24) is 14.1 Å². The molecule has 2 aromatic rings. The van der Waals surface area contributed by atoms with E-state index < -0.39 is 10.0 Å². The van der Waals surface area contributed by atoms with Crippen LogP contribution in [0.5, 0.6) is 0 Å². The van der Waals surface area contributed by atoms with Gasteiger partial charge in [-0.25, -0.2) is 8.42 Å². The Morgan fingerprint density at radius 2 is 1.66 bits per heavy atom. The van der Waals surface area contributed by atoms with Crippen LogP contribution >= 0.6 is 11.3 Å². The summed E-state index contributed by atoms with van der Waals surface area (Å²) >= 11 is 1.49. The molecule has 0 aliphatic carbocycles. The number of fused-ring (bicyclic) bond motifs is 1. The Morgan fingerprint density at radius 1 is 1.03 bits per heavy atom. The van der Waals surface area contributed by atoms with Crippen LogP contribution in [-0.2, 0) is 23.0 Å². The minimum atomic E-state index is -3.62. The van der Waals surface area contributed by atoms with Gasteiger partial charge in [0.2, 0.25) is 10.0 Å². The molecule has 0 unspecified atom stereocenters. The molecule has 1 fully saturated rings. The molecule has 4 rings (SSSR count). The molecule has 1 aromatic heterocycles. The van der Waals surface area contributed by atoms with E-state index in [2.05, 4.69) is 24.1 Å². The molecule has 3 heterocycles. The molecule has 208 valence electrons. The second-order valence-corrected chi connectivity index (χ2v) is 13.4. The van der Waals surface area contributed by atoms with Crippen molar-refractivity contribution in [2.45, 2.75) is 77.3 Å². The normalized spacial score (nSPS) is 16.3. The van der Waals surface area contributed by atoms with Gasteiger partial charge < -0.3 is 10.2 Å². The average molecular weight is 561 g/mol. The van der Waals surface area contributed by atoms with Gasteiger partial charge in [-0.15, -0.1) is 11.3 Å². The molecule has 2 aliphatic heterocycles. The third kappa shape index (κ3) is 5.98. The van der Waals surface area contributed by atoms with Crippen LogP contribution in [0.3, 0.4) is 0 Å². The summed E-state index contributed by atoms with van der Waals surface area (Å²) < 4.78 is 27.7. The van der Waals surface area contributed by atoms with Crippen LogP contribution in [0.1, 0.15) is 84.5 Å². The van der Waals surface area contributed by atoms with E-state index in [1.807, 2.05) is 18.7 Å². The largest absolute Gasteiger partial charge is 0.339 e. The number of sulfonamides is 1. The Kier molecular flexibility index (Phi) is 9.28. The first kappa shape index (κ1) is 28.7. The number of hydrogen-bond donors (Lipinski definition) is 1. The van der Waals surface area contributed by atoms with Crippen molar-refractivity contribution in [3.05, 3.63) is 45.8 Å². The maximum atomic E-state index is 13.6. The summed E-state index contributed by atoms with van der Waals surface area (Å²) in [5.74, 6) is -0.343. The number of amides is 2. The highest BCUT2D eigenvalue weighted by Gasteiger charge is 2.32. The smallest absolute Gasteiger partial charge is 0.257 e. The van der Waals surface area contributed by atoms with E-state index >= 15 is 0 Å². The average Bonchev–Trinajstić information content (AvgIpc) is 3.56. The Labute approximate surface area is 231 Å². The first-order chi connectivity index (χ1) is 18.2. The number of nitrogens with one attached hydrogen (secondary N) is 1. The van der Waals surface area contributed by atoms with Crippen molar-refractivity contribution >= 4 is 38.2 Å². The quantitative estimate of drug-likeness (QED) is 0.450. The zero-order valence-electron chi connectivity index (χ0n) is 23.0. The zero-order valence-corrected chi connectivity index (χ0v) is 24.6. The molecule has 0 spiro atoms. The van der Waals surface area contributed by atoms with Gasteiger partial charge in [-0.05, 0) is 75.8 Å². The van der Waals surface area contributed by atoms with Gasteiger partial charge in [0.15, 0.2) is 0 Å². The van der Waals surface area contributed by atoms with Crippen molar-refractivity contribution in [3.8, 4) is 0 Å². The van der Waals surface area contributed by atoms with Gasteiger partial charge in [0.1, 0.15) is 5.00 Å². The van der Waals surface area contributed by atoms with Crippen LogP contribution < -0.4 is 5.32 Å². The van der Waals surface area contributed by atoms with E-state index in [0.717, 1.165) is 68.7 Å². The lowest BCUT2D eigenvalue weighted by molar-refractivity contribution is 0.0792. The van der Waals surface area contributed by atoms with Gasteiger partial charge in [0.25, 0.3) is 11.8 Å². The van der Waals surface area contributed by atoms with Crippen LogP contribution in [0.2, 0.25) is 0 Å². The molecule has 1 N–H and O–H groups in total. The van der Waals surface area contributed by atoms with E-state index in [1.54, 1.807) is 12.1 Å². The van der Waals surface area contributed by atoms with Gasteiger partial charge in [-0.1, -0.05) is 13.8 Å². The summed E-state index contributed by atoms with van der Waals surface area (Å²) in [7, 11) is -3.62. The fourth-order valence-electron chi connectivity index (χ4n) is 5.21. The maximum Gasteiger partial charge on any atom is 0.257 e. The highest BCUT2D eigenvalue weighted by Crippen LogP contribution is 2.39. The summed E-state index contributed by atoms with van der Waals surface area (Å²) in [5.41, 5.74) is 2.06. The molecule has 2 aliphatic rings. The zero-order chi connectivity index (χ0) is 27.4. The SMILES string of the molecule is CCCN(CCC)S(=O)(=O)c1ccc(C(=O)Nc2sc3c(c2C(=O)N2CCCC2)CCN(C(C)C)C3)cc1. The minimum Gasteiger partial charge on any atom is -0.339 e. The number of carbonyl (C=O) groups excluding carboxylic acids is 2. The molecular weight excluding hydrogens is 520 g/mol. The van der Waals surface area contributed by atoms with Crippen LogP contribution in [0.4, 0.5) is 5.00 Å². The molecule has 8 nitrogen and oxygen atoms in total. The van der Waals surface area contributed by atoms with E-state index in [9.17, 15) is 18.0 Å². The minimum absolute atomic E-state index is 0.00155. The highest BCUT2D eigenvalue weighted by molar-refractivity contribution is 7.89. The molecule has 0 bridgehead atoms. The number of rotatable bonds is 10.